The van der Waals surface area contributed by atoms with E-state index >= 15 is 0 Å². The lowest BCUT2D eigenvalue weighted by atomic mass is 9.96. The number of aryl methyl sites for hydroxylation is 1. The minimum absolute atomic E-state index is 0.191. The van der Waals surface area contributed by atoms with Crippen molar-refractivity contribution < 1.29 is 14.3 Å². The van der Waals surface area contributed by atoms with Gasteiger partial charge in [-0.05, 0) is 38.1 Å². The predicted octanol–water partition coefficient (Wildman–Crippen LogP) is 2.37. The van der Waals surface area contributed by atoms with Crippen molar-refractivity contribution in [1.29, 1.82) is 0 Å². The number of likely N-dealkylation sites (tertiary alicyclic amines) is 1. The van der Waals surface area contributed by atoms with E-state index in [2.05, 4.69) is 9.88 Å². The van der Waals surface area contributed by atoms with Crippen molar-refractivity contribution in [3.8, 4) is 0 Å². The first-order valence-electron chi connectivity index (χ1n) is 7.60. The number of aliphatic carboxylic acids is 1. The lowest BCUT2D eigenvalue weighted by Gasteiger charge is -2.31. The maximum atomic E-state index is 13.3. The molecule has 118 valence electrons. The zero-order chi connectivity index (χ0) is 15.7. The van der Waals surface area contributed by atoms with Gasteiger partial charge in [0.1, 0.15) is 11.6 Å². The van der Waals surface area contributed by atoms with Crippen molar-refractivity contribution in [2.75, 3.05) is 19.6 Å². The minimum atomic E-state index is -0.750. The van der Waals surface area contributed by atoms with Gasteiger partial charge in [0.25, 0.3) is 0 Å². The first-order valence-corrected chi connectivity index (χ1v) is 7.60. The fraction of sp³-hybridized carbons (Fsp3) is 0.500. The molecule has 1 N–H and O–H groups in total. The van der Waals surface area contributed by atoms with Gasteiger partial charge in [-0.3, -0.25) is 4.79 Å². The van der Waals surface area contributed by atoms with Crippen molar-refractivity contribution in [2.24, 2.45) is 7.05 Å². The third-order valence-electron chi connectivity index (χ3n) is 4.47. The van der Waals surface area contributed by atoms with Gasteiger partial charge in [0.2, 0.25) is 0 Å². The molecule has 0 radical (unpaired) electrons. The molecule has 0 saturated carbocycles. The van der Waals surface area contributed by atoms with E-state index in [4.69, 9.17) is 5.11 Å². The van der Waals surface area contributed by atoms with Gasteiger partial charge in [-0.1, -0.05) is 0 Å². The fourth-order valence-corrected chi connectivity index (χ4v) is 3.23. The summed E-state index contributed by atoms with van der Waals surface area (Å²) in [7, 11) is 1.97. The van der Waals surface area contributed by atoms with Gasteiger partial charge < -0.3 is 14.6 Å². The van der Waals surface area contributed by atoms with E-state index in [1.807, 2.05) is 11.6 Å². The summed E-state index contributed by atoms with van der Waals surface area (Å²) in [6.07, 6.45) is 2.11. The van der Waals surface area contributed by atoms with Crippen LogP contribution in [0.3, 0.4) is 0 Å². The van der Waals surface area contributed by atoms with Gasteiger partial charge in [-0.2, -0.15) is 0 Å². The molecule has 22 heavy (non-hydrogen) atoms. The normalized spacial score (nSPS) is 17.2. The van der Waals surface area contributed by atoms with Crippen LogP contribution >= 0.6 is 0 Å². The van der Waals surface area contributed by atoms with Gasteiger partial charge in [0.15, 0.2) is 0 Å². The lowest BCUT2D eigenvalue weighted by Crippen LogP contribution is -2.35. The topological polar surface area (TPSA) is 58.4 Å². The number of carboxylic acid groups (broad SMARTS) is 1. The van der Waals surface area contributed by atoms with Crippen molar-refractivity contribution in [2.45, 2.75) is 25.2 Å². The van der Waals surface area contributed by atoms with E-state index in [1.54, 1.807) is 6.07 Å². The standard InChI is InChI=1S/C16H20FN3O2/c1-19-14-3-2-12(17)10-13(14)18-16(19)11-4-7-20(8-5-11)9-6-15(21)22/h2-3,10-11H,4-9H2,1H3,(H,21,22). The molecule has 3 rings (SSSR count). The van der Waals surface area contributed by atoms with Crippen molar-refractivity contribution >= 4 is 17.0 Å². The van der Waals surface area contributed by atoms with Crippen LogP contribution in [0.15, 0.2) is 18.2 Å². The molecule has 0 spiro atoms. The highest BCUT2D eigenvalue weighted by Gasteiger charge is 2.24. The summed E-state index contributed by atoms with van der Waals surface area (Å²) in [5.74, 6) is 0.333. The predicted molar refractivity (Wildman–Crippen MR) is 81.3 cm³/mol. The highest BCUT2D eigenvalue weighted by molar-refractivity contribution is 5.76. The summed E-state index contributed by atoms with van der Waals surface area (Å²) in [6, 6.07) is 4.70. The Kier molecular flexibility index (Phi) is 4.11. The van der Waals surface area contributed by atoms with Crippen LogP contribution in [0, 0.1) is 5.82 Å². The molecule has 1 aromatic carbocycles. The number of hydrogen-bond donors (Lipinski definition) is 1. The van der Waals surface area contributed by atoms with Crippen LogP contribution in [-0.2, 0) is 11.8 Å². The second-order valence-corrected chi connectivity index (χ2v) is 5.92. The molecule has 1 aliphatic heterocycles. The molecule has 1 aromatic heterocycles. The highest BCUT2D eigenvalue weighted by Crippen LogP contribution is 2.29. The molecule has 1 aliphatic rings. The number of carboxylic acids is 1. The zero-order valence-electron chi connectivity index (χ0n) is 12.6. The maximum Gasteiger partial charge on any atom is 0.304 e. The average Bonchev–Trinajstić information content (AvgIpc) is 2.82. The number of carbonyl (C=O) groups is 1. The number of halogens is 1. The number of aromatic nitrogens is 2. The monoisotopic (exact) mass is 305 g/mol. The molecular formula is C16H20FN3O2. The molecular weight excluding hydrogens is 285 g/mol. The molecule has 1 saturated heterocycles. The van der Waals surface area contributed by atoms with E-state index in [1.165, 1.54) is 12.1 Å². The fourth-order valence-electron chi connectivity index (χ4n) is 3.23. The van der Waals surface area contributed by atoms with Gasteiger partial charge in [-0.25, -0.2) is 9.37 Å². The number of benzene rings is 1. The summed E-state index contributed by atoms with van der Waals surface area (Å²) >= 11 is 0. The first-order chi connectivity index (χ1) is 10.5. The van der Waals surface area contributed by atoms with Crippen molar-refractivity contribution in [3.63, 3.8) is 0 Å². The second kappa shape index (κ2) is 6.04. The number of hydrogen-bond acceptors (Lipinski definition) is 3. The first kappa shape index (κ1) is 15.0. The van der Waals surface area contributed by atoms with Crippen LogP contribution < -0.4 is 0 Å². The quantitative estimate of drug-likeness (QED) is 0.942. The molecule has 0 bridgehead atoms. The largest absolute Gasteiger partial charge is 0.481 e. The lowest BCUT2D eigenvalue weighted by molar-refractivity contribution is -0.137. The summed E-state index contributed by atoms with van der Waals surface area (Å²) in [4.78, 5) is 17.4. The summed E-state index contributed by atoms with van der Waals surface area (Å²) in [5, 5.41) is 8.74. The SMILES string of the molecule is Cn1c(C2CCN(CCC(=O)O)CC2)nc2cc(F)ccc21. The summed E-state index contributed by atoms with van der Waals surface area (Å²) < 4.78 is 15.4. The summed E-state index contributed by atoms with van der Waals surface area (Å²) in [6.45, 7) is 2.38. The molecule has 2 heterocycles. The van der Waals surface area contributed by atoms with Crippen LogP contribution in [0.1, 0.15) is 31.0 Å². The Labute approximate surface area is 128 Å². The van der Waals surface area contributed by atoms with E-state index in [-0.39, 0.29) is 12.2 Å². The van der Waals surface area contributed by atoms with Crippen LogP contribution in [0.4, 0.5) is 4.39 Å². The smallest absolute Gasteiger partial charge is 0.304 e. The maximum absolute atomic E-state index is 13.3. The number of nitrogens with zero attached hydrogens (tertiary/aromatic N) is 3. The Morgan fingerprint density at radius 1 is 1.41 bits per heavy atom. The van der Waals surface area contributed by atoms with E-state index < -0.39 is 5.97 Å². The number of imidazole rings is 1. The van der Waals surface area contributed by atoms with Gasteiger partial charge in [0.05, 0.1) is 17.5 Å². The van der Waals surface area contributed by atoms with Crippen LogP contribution in [0.25, 0.3) is 11.0 Å². The Balaban J connectivity index is 1.71. The molecule has 0 aliphatic carbocycles. The Morgan fingerprint density at radius 2 is 2.14 bits per heavy atom. The van der Waals surface area contributed by atoms with Gasteiger partial charge >= 0.3 is 5.97 Å². The third-order valence-corrected chi connectivity index (χ3v) is 4.47. The van der Waals surface area contributed by atoms with E-state index in [9.17, 15) is 9.18 Å². The van der Waals surface area contributed by atoms with Crippen molar-refractivity contribution in [1.82, 2.24) is 14.5 Å². The molecule has 0 unspecified atom stereocenters. The minimum Gasteiger partial charge on any atom is -0.481 e. The average molecular weight is 305 g/mol. The molecule has 5 nitrogen and oxygen atoms in total. The van der Waals surface area contributed by atoms with Crippen LogP contribution in [-0.4, -0.2) is 45.2 Å². The van der Waals surface area contributed by atoms with E-state index in [0.717, 1.165) is 37.3 Å². The van der Waals surface area contributed by atoms with Gasteiger partial charge in [0, 0.05) is 25.6 Å². The molecule has 0 atom stereocenters. The van der Waals surface area contributed by atoms with Crippen molar-refractivity contribution in [3.05, 3.63) is 29.8 Å². The highest BCUT2D eigenvalue weighted by atomic mass is 19.1. The number of fused-ring (bicyclic) bond motifs is 1. The number of rotatable bonds is 4. The molecule has 2 aromatic rings. The zero-order valence-corrected chi connectivity index (χ0v) is 12.6. The Bertz CT molecular complexity index is 690. The Morgan fingerprint density at radius 3 is 2.82 bits per heavy atom. The summed E-state index contributed by atoms with van der Waals surface area (Å²) in [5.41, 5.74) is 1.65. The second-order valence-electron chi connectivity index (χ2n) is 5.92. The van der Waals surface area contributed by atoms with Crippen LogP contribution in [0.5, 0.6) is 0 Å². The van der Waals surface area contributed by atoms with Crippen LogP contribution in [0.2, 0.25) is 0 Å². The molecule has 0 amide bonds. The number of piperidine rings is 1. The van der Waals surface area contributed by atoms with Gasteiger partial charge in [-0.15, -0.1) is 0 Å². The molecule has 6 heteroatoms. The Hall–Kier alpha value is -1.95. The third kappa shape index (κ3) is 2.97. The van der Waals surface area contributed by atoms with E-state index in [0.29, 0.717) is 18.0 Å². The molecule has 1 fully saturated rings.